The predicted molar refractivity (Wildman–Crippen MR) is 138 cm³/mol. The molecule has 3 aromatic carbocycles. The molecule has 2 atom stereocenters. The number of hydrogen-bond acceptors (Lipinski definition) is 4. The second kappa shape index (κ2) is 12.9. The lowest BCUT2D eigenvalue weighted by atomic mass is 10.1. The molecule has 0 saturated heterocycles. The van der Waals surface area contributed by atoms with Gasteiger partial charge in [-0.15, -0.1) is 0 Å². The quantitative estimate of drug-likeness (QED) is 0.381. The van der Waals surface area contributed by atoms with E-state index in [2.05, 4.69) is 12.1 Å². The van der Waals surface area contributed by atoms with E-state index in [9.17, 15) is 20.1 Å². The van der Waals surface area contributed by atoms with E-state index in [1.54, 1.807) is 58.3 Å². The lowest BCUT2D eigenvalue weighted by Crippen LogP contribution is -2.39. The third-order valence-corrected chi connectivity index (χ3v) is 6.12. The molecular weight excluding hydrogens is 448 g/mol. The average molecular weight is 479 g/mol. The van der Waals surface area contributed by atoms with E-state index < -0.39 is 12.1 Å². The minimum absolute atomic E-state index is 0.187. The van der Waals surface area contributed by atoms with Crippen molar-refractivity contribution in [2.45, 2.75) is 51.9 Å². The Morgan fingerprint density at radius 2 is 0.972 bits per heavy atom. The number of carbonyl (C=O) groups is 2. The molecule has 0 saturated carbocycles. The molecule has 0 aromatic heterocycles. The van der Waals surface area contributed by atoms with Gasteiger partial charge in [-0.25, -0.2) is 0 Å². The molecule has 6 heteroatoms. The number of rotatable bonds is 10. The maximum absolute atomic E-state index is 13.2. The monoisotopic (exact) mass is 478 g/mol. The van der Waals surface area contributed by atoms with Gasteiger partial charge >= 0.3 is 0 Å². The number of carbonyl (C=O) groups excluding carboxylic acids is 2. The average Bonchev–Trinajstić information content (AvgIpc) is 2.94. The van der Waals surface area contributed by atoms with Crippen molar-refractivity contribution in [3.05, 3.63) is 107 Å². The zero-order valence-electron chi connectivity index (χ0n) is 20.7. The summed E-state index contributed by atoms with van der Waals surface area (Å²) >= 11 is 0. The third kappa shape index (κ3) is 6.37. The Hall–Kier alpha value is -4.42. The summed E-state index contributed by atoms with van der Waals surface area (Å²) in [6.07, 6.45) is 1.05. The first-order valence-electron chi connectivity index (χ1n) is 12.1. The van der Waals surface area contributed by atoms with Crippen LogP contribution in [0.15, 0.2) is 84.9 Å². The number of nitriles is 2. The van der Waals surface area contributed by atoms with E-state index in [0.29, 0.717) is 37.1 Å². The highest BCUT2D eigenvalue weighted by Gasteiger charge is 2.25. The summed E-state index contributed by atoms with van der Waals surface area (Å²) in [4.78, 5) is 29.5. The van der Waals surface area contributed by atoms with E-state index in [4.69, 9.17) is 0 Å². The second-order valence-corrected chi connectivity index (χ2v) is 8.52. The molecule has 0 bridgehead atoms. The Balaban J connectivity index is 1.81. The summed E-state index contributed by atoms with van der Waals surface area (Å²) in [5, 5.41) is 19.3. The van der Waals surface area contributed by atoms with Crippen molar-refractivity contribution in [3.8, 4) is 12.1 Å². The lowest BCUT2D eigenvalue weighted by Gasteiger charge is -2.28. The summed E-state index contributed by atoms with van der Waals surface area (Å²) in [5.41, 5.74) is 2.84. The molecule has 0 aliphatic rings. The number of hydrogen-bond donors (Lipinski definition) is 0. The van der Waals surface area contributed by atoms with E-state index in [1.807, 2.05) is 50.2 Å². The molecule has 0 unspecified atom stereocenters. The zero-order chi connectivity index (χ0) is 25.9. The van der Waals surface area contributed by atoms with Crippen molar-refractivity contribution in [3.63, 3.8) is 0 Å². The van der Waals surface area contributed by atoms with Crippen LogP contribution in [0.5, 0.6) is 0 Å². The van der Waals surface area contributed by atoms with Crippen molar-refractivity contribution < 1.29 is 9.59 Å². The molecule has 0 radical (unpaired) electrons. The summed E-state index contributed by atoms with van der Waals surface area (Å²) in [6.45, 7) is 4.37. The van der Waals surface area contributed by atoms with Crippen molar-refractivity contribution in [2.24, 2.45) is 0 Å². The molecule has 0 heterocycles. The highest BCUT2D eigenvalue weighted by atomic mass is 16.2. The highest BCUT2D eigenvalue weighted by Crippen LogP contribution is 2.19. The lowest BCUT2D eigenvalue weighted by molar-refractivity contribution is 0.0690. The van der Waals surface area contributed by atoms with E-state index >= 15 is 0 Å². The molecule has 3 aromatic rings. The maximum Gasteiger partial charge on any atom is 0.255 e. The van der Waals surface area contributed by atoms with E-state index in [0.717, 1.165) is 11.1 Å². The second-order valence-electron chi connectivity index (χ2n) is 8.52. The van der Waals surface area contributed by atoms with Crippen LogP contribution in [0.2, 0.25) is 0 Å². The van der Waals surface area contributed by atoms with Gasteiger partial charge in [0.05, 0.1) is 12.1 Å². The Bertz CT molecular complexity index is 1130. The van der Waals surface area contributed by atoms with Crippen molar-refractivity contribution >= 4 is 11.8 Å². The molecule has 0 N–H and O–H groups in total. The van der Waals surface area contributed by atoms with Gasteiger partial charge in [0.15, 0.2) is 0 Å². The number of nitrogens with zero attached hydrogens (tertiary/aromatic N) is 4. The summed E-state index contributed by atoms with van der Waals surface area (Å²) in [7, 11) is 0. The summed E-state index contributed by atoms with van der Waals surface area (Å²) in [5.74, 6) is -0.375. The van der Waals surface area contributed by atoms with Crippen LogP contribution in [0.25, 0.3) is 0 Å². The number of benzene rings is 3. The molecule has 0 spiro atoms. The van der Waals surface area contributed by atoms with Gasteiger partial charge in [0.1, 0.15) is 12.1 Å². The van der Waals surface area contributed by atoms with Gasteiger partial charge in [0.25, 0.3) is 11.8 Å². The Morgan fingerprint density at radius 3 is 1.25 bits per heavy atom. The van der Waals surface area contributed by atoms with Crippen LogP contribution < -0.4 is 0 Å². The molecule has 2 amide bonds. The first kappa shape index (κ1) is 26.2. The summed E-state index contributed by atoms with van der Waals surface area (Å²) < 4.78 is 0. The molecule has 0 aliphatic heterocycles. The Morgan fingerprint density at radius 1 is 0.639 bits per heavy atom. The third-order valence-electron chi connectivity index (χ3n) is 6.12. The fraction of sp³-hybridized carbons (Fsp3) is 0.267. The smallest absolute Gasteiger partial charge is 0.255 e. The molecule has 0 fully saturated rings. The first-order chi connectivity index (χ1) is 17.5. The van der Waals surface area contributed by atoms with Gasteiger partial charge in [-0.1, -0.05) is 74.5 Å². The maximum atomic E-state index is 13.2. The Labute approximate surface area is 213 Å². The van der Waals surface area contributed by atoms with Crippen molar-refractivity contribution in [1.29, 1.82) is 10.5 Å². The number of amides is 2. The van der Waals surface area contributed by atoms with Gasteiger partial charge in [-0.2, -0.15) is 10.5 Å². The predicted octanol–water partition coefficient (Wildman–Crippen LogP) is 5.58. The van der Waals surface area contributed by atoms with Gasteiger partial charge in [0.2, 0.25) is 0 Å². The fourth-order valence-electron chi connectivity index (χ4n) is 4.05. The molecule has 6 nitrogen and oxygen atoms in total. The van der Waals surface area contributed by atoms with Gasteiger partial charge in [-0.05, 0) is 48.2 Å². The SMILES string of the molecule is CC[C@@H](C#N)N(Cc1ccc(CN(C(=O)c2ccccc2)[C@@H](C#N)CC)cc1)C(=O)c1ccccc1. The van der Waals surface area contributed by atoms with Crippen molar-refractivity contribution in [1.82, 2.24) is 9.80 Å². The Kier molecular flexibility index (Phi) is 9.37. The van der Waals surface area contributed by atoms with Gasteiger partial charge in [-0.3, -0.25) is 9.59 Å². The normalized spacial score (nSPS) is 12.0. The zero-order valence-corrected chi connectivity index (χ0v) is 20.7. The molecule has 0 aliphatic carbocycles. The first-order valence-corrected chi connectivity index (χ1v) is 12.1. The van der Waals surface area contributed by atoms with Crippen LogP contribution >= 0.6 is 0 Å². The minimum atomic E-state index is -0.544. The van der Waals surface area contributed by atoms with Crippen LogP contribution in [0.3, 0.4) is 0 Å². The highest BCUT2D eigenvalue weighted by molar-refractivity contribution is 5.95. The standard InChI is InChI=1S/C30H30N4O2/c1-3-27(19-31)33(29(35)25-11-7-5-8-12-25)21-23-15-17-24(18-16-23)22-34(28(4-2)20-32)30(36)26-13-9-6-10-14-26/h5-18,27-28H,3-4,21-22H2,1-2H3/t27-,28+. The van der Waals surface area contributed by atoms with Crippen LogP contribution in [0.4, 0.5) is 0 Å². The largest absolute Gasteiger partial charge is 0.318 e. The molecule has 3 rings (SSSR count). The van der Waals surface area contributed by atoms with Gasteiger partial charge in [0, 0.05) is 24.2 Å². The van der Waals surface area contributed by atoms with Crippen LogP contribution in [0, 0.1) is 22.7 Å². The topological polar surface area (TPSA) is 88.2 Å². The van der Waals surface area contributed by atoms with Crippen molar-refractivity contribution in [2.75, 3.05) is 0 Å². The molecular formula is C30H30N4O2. The molecule has 36 heavy (non-hydrogen) atoms. The van der Waals surface area contributed by atoms with Crippen LogP contribution in [0.1, 0.15) is 58.5 Å². The fourth-order valence-corrected chi connectivity index (χ4v) is 4.05. The van der Waals surface area contributed by atoms with E-state index in [1.165, 1.54) is 0 Å². The van der Waals surface area contributed by atoms with Crippen LogP contribution in [-0.2, 0) is 13.1 Å². The minimum Gasteiger partial charge on any atom is -0.318 e. The molecule has 182 valence electrons. The van der Waals surface area contributed by atoms with Crippen LogP contribution in [-0.4, -0.2) is 33.7 Å². The summed E-state index contributed by atoms with van der Waals surface area (Å²) in [6, 6.07) is 28.9. The van der Waals surface area contributed by atoms with Gasteiger partial charge < -0.3 is 9.80 Å². The van der Waals surface area contributed by atoms with E-state index in [-0.39, 0.29) is 11.8 Å².